The molecular formula is C12H19N3O. The van der Waals surface area contributed by atoms with Crippen LogP contribution in [0.3, 0.4) is 0 Å². The van der Waals surface area contributed by atoms with Gasteiger partial charge in [-0.25, -0.2) is 0 Å². The zero-order valence-electron chi connectivity index (χ0n) is 9.83. The molecule has 2 aliphatic rings. The maximum Gasteiger partial charge on any atom is 0.227 e. The number of aromatic nitrogens is 2. The van der Waals surface area contributed by atoms with Gasteiger partial charge in [0.1, 0.15) is 0 Å². The zero-order chi connectivity index (χ0) is 11.2. The minimum absolute atomic E-state index is 0.206. The molecular weight excluding hydrogens is 202 g/mol. The zero-order valence-corrected chi connectivity index (χ0v) is 9.83. The van der Waals surface area contributed by atoms with Crippen LogP contribution >= 0.6 is 0 Å². The third kappa shape index (κ3) is 1.56. The highest BCUT2D eigenvalue weighted by molar-refractivity contribution is 5.14. The van der Waals surface area contributed by atoms with Crippen molar-refractivity contribution in [3.63, 3.8) is 0 Å². The van der Waals surface area contributed by atoms with Crippen LogP contribution in [0.15, 0.2) is 4.52 Å². The second-order valence-corrected chi connectivity index (χ2v) is 5.81. The Morgan fingerprint density at radius 3 is 2.56 bits per heavy atom. The van der Waals surface area contributed by atoms with E-state index in [-0.39, 0.29) is 10.8 Å². The Labute approximate surface area is 95.6 Å². The fourth-order valence-corrected chi connectivity index (χ4v) is 2.43. The Balaban J connectivity index is 1.73. The predicted octanol–water partition coefficient (Wildman–Crippen LogP) is 1.79. The first-order valence-corrected chi connectivity index (χ1v) is 6.19. The minimum atomic E-state index is 0.206. The number of nitrogens with two attached hydrogens (primary N) is 1. The largest absolute Gasteiger partial charge is 0.339 e. The van der Waals surface area contributed by atoms with Crippen LogP contribution < -0.4 is 5.73 Å². The molecule has 2 fully saturated rings. The fourth-order valence-electron chi connectivity index (χ4n) is 2.43. The maximum atomic E-state index is 5.83. The lowest BCUT2D eigenvalue weighted by atomic mass is 9.67. The van der Waals surface area contributed by atoms with Crippen molar-refractivity contribution in [1.82, 2.24) is 10.1 Å². The van der Waals surface area contributed by atoms with E-state index >= 15 is 0 Å². The van der Waals surface area contributed by atoms with Gasteiger partial charge in [0.25, 0.3) is 0 Å². The van der Waals surface area contributed by atoms with E-state index in [9.17, 15) is 0 Å². The van der Waals surface area contributed by atoms with Gasteiger partial charge in [-0.2, -0.15) is 4.98 Å². The molecule has 0 amide bonds. The molecule has 2 N–H and O–H groups in total. The van der Waals surface area contributed by atoms with E-state index in [0.717, 1.165) is 24.7 Å². The van der Waals surface area contributed by atoms with Crippen LogP contribution in [-0.4, -0.2) is 16.7 Å². The summed E-state index contributed by atoms with van der Waals surface area (Å²) in [5.74, 6) is 1.68. The predicted molar refractivity (Wildman–Crippen MR) is 59.9 cm³/mol. The van der Waals surface area contributed by atoms with Gasteiger partial charge < -0.3 is 10.3 Å². The van der Waals surface area contributed by atoms with Gasteiger partial charge in [0.05, 0.1) is 0 Å². The van der Waals surface area contributed by atoms with Gasteiger partial charge in [-0.15, -0.1) is 0 Å². The smallest absolute Gasteiger partial charge is 0.227 e. The molecule has 2 saturated carbocycles. The van der Waals surface area contributed by atoms with Crippen LogP contribution in [0.5, 0.6) is 0 Å². The summed E-state index contributed by atoms with van der Waals surface area (Å²) >= 11 is 0. The average molecular weight is 221 g/mol. The molecule has 2 aliphatic carbocycles. The third-order valence-corrected chi connectivity index (χ3v) is 4.38. The number of nitrogens with zero attached hydrogens (tertiary/aromatic N) is 2. The molecule has 0 unspecified atom stereocenters. The molecule has 0 bridgehead atoms. The summed E-state index contributed by atoms with van der Waals surface area (Å²) in [6, 6.07) is 0. The van der Waals surface area contributed by atoms with Crippen LogP contribution in [0.2, 0.25) is 0 Å². The first kappa shape index (κ1) is 10.3. The van der Waals surface area contributed by atoms with Gasteiger partial charge in [-0.05, 0) is 37.6 Å². The third-order valence-electron chi connectivity index (χ3n) is 4.38. The first-order chi connectivity index (χ1) is 7.66. The molecule has 0 saturated heterocycles. The van der Waals surface area contributed by atoms with Crippen LogP contribution in [0, 0.1) is 5.41 Å². The Morgan fingerprint density at radius 2 is 2.06 bits per heavy atom. The highest BCUT2D eigenvalue weighted by Gasteiger charge is 2.44. The van der Waals surface area contributed by atoms with Crippen molar-refractivity contribution in [3.8, 4) is 0 Å². The summed E-state index contributed by atoms with van der Waals surface area (Å²) in [6.45, 7) is 2.94. The first-order valence-electron chi connectivity index (χ1n) is 6.19. The van der Waals surface area contributed by atoms with Gasteiger partial charge >= 0.3 is 0 Å². The van der Waals surface area contributed by atoms with E-state index in [4.69, 9.17) is 10.3 Å². The molecule has 1 heterocycles. The van der Waals surface area contributed by atoms with Crippen LogP contribution in [0.25, 0.3) is 0 Å². The maximum absolute atomic E-state index is 5.83. The molecule has 16 heavy (non-hydrogen) atoms. The monoisotopic (exact) mass is 221 g/mol. The van der Waals surface area contributed by atoms with Crippen molar-refractivity contribution in [1.29, 1.82) is 0 Å². The summed E-state index contributed by atoms with van der Waals surface area (Å²) in [5.41, 5.74) is 6.30. The van der Waals surface area contributed by atoms with Crippen LogP contribution in [-0.2, 0) is 11.8 Å². The number of hydrogen-bond donors (Lipinski definition) is 1. The van der Waals surface area contributed by atoms with Crippen molar-refractivity contribution in [3.05, 3.63) is 11.7 Å². The second-order valence-electron chi connectivity index (χ2n) is 5.81. The van der Waals surface area contributed by atoms with Gasteiger partial charge in [0.15, 0.2) is 5.82 Å². The molecule has 0 atom stereocenters. The normalized spacial score (nSPS) is 25.1. The van der Waals surface area contributed by atoms with Gasteiger partial charge in [0.2, 0.25) is 5.89 Å². The van der Waals surface area contributed by atoms with Crippen molar-refractivity contribution in [2.24, 2.45) is 11.1 Å². The van der Waals surface area contributed by atoms with E-state index in [0.29, 0.717) is 0 Å². The molecule has 4 heteroatoms. The van der Waals surface area contributed by atoms with Gasteiger partial charge in [-0.3, -0.25) is 0 Å². The van der Waals surface area contributed by atoms with E-state index in [1.807, 2.05) is 0 Å². The summed E-state index contributed by atoms with van der Waals surface area (Å²) in [5, 5.41) is 4.10. The van der Waals surface area contributed by atoms with Crippen molar-refractivity contribution in [2.45, 2.75) is 50.9 Å². The summed E-state index contributed by atoms with van der Waals surface area (Å²) in [6.07, 6.45) is 6.95. The SMILES string of the molecule is CC1(c2noc(CC3(CN)CCC3)n2)CC1. The quantitative estimate of drug-likeness (QED) is 0.841. The second kappa shape index (κ2) is 3.29. The fraction of sp³-hybridized carbons (Fsp3) is 0.833. The molecule has 0 aromatic carbocycles. The van der Waals surface area contributed by atoms with Crippen molar-refractivity contribution < 1.29 is 4.52 Å². The lowest BCUT2D eigenvalue weighted by Crippen LogP contribution is -2.39. The standard InChI is InChI=1S/C12H19N3O/c1-11(5-6-11)10-14-9(16-15-10)7-12(8-13)3-2-4-12/h2-8,13H2,1H3. The topological polar surface area (TPSA) is 64.9 Å². The molecule has 3 rings (SSSR count). The van der Waals surface area contributed by atoms with Gasteiger partial charge in [0, 0.05) is 11.8 Å². The van der Waals surface area contributed by atoms with Crippen LogP contribution in [0.4, 0.5) is 0 Å². The molecule has 1 aromatic heterocycles. The number of hydrogen-bond acceptors (Lipinski definition) is 4. The van der Waals surface area contributed by atoms with E-state index in [1.165, 1.54) is 32.1 Å². The molecule has 0 spiro atoms. The van der Waals surface area contributed by atoms with Crippen molar-refractivity contribution >= 4 is 0 Å². The Morgan fingerprint density at radius 1 is 1.31 bits per heavy atom. The Bertz CT molecular complexity index is 385. The molecule has 0 aliphatic heterocycles. The van der Waals surface area contributed by atoms with E-state index in [2.05, 4.69) is 17.1 Å². The molecule has 4 nitrogen and oxygen atoms in total. The minimum Gasteiger partial charge on any atom is -0.339 e. The van der Waals surface area contributed by atoms with Crippen molar-refractivity contribution in [2.75, 3.05) is 6.54 Å². The molecule has 88 valence electrons. The van der Waals surface area contributed by atoms with E-state index in [1.54, 1.807) is 0 Å². The number of rotatable bonds is 4. The lowest BCUT2D eigenvalue weighted by Gasteiger charge is -2.39. The molecule has 0 radical (unpaired) electrons. The van der Waals surface area contributed by atoms with Crippen LogP contribution in [0.1, 0.15) is 50.7 Å². The Kier molecular flexibility index (Phi) is 2.11. The summed E-state index contributed by atoms with van der Waals surface area (Å²) in [7, 11) is 0. The van der Waals surface area contributed by atoms with Gasteiger partial charge in [-0.1, -0.05) is 18.5 Å². The summed E-state index contributed by atoms with van der Waals surface area (Å²) in [4.78, 5) is 4.53. The lowest BCUT2D eigenvalue weighted by molar-refractivity contribution is 0.129. The summed E-state index contributed by atoms with van der Waals surface area (Å²) < 4.78 is 5.35. The van der Waals surface area contributed by atoms with E-state index < -0.39 is 0 Å². The average Bonchev–Trinajstić information content (AvgIpc) is 2.80. The Hall–Kier alpha value is -0.900. The highest BCUT2D eigenvalue weighted by atomic mass is 16.5. The molecule has 1 aromatic rings. The highest BCUT2D eigenvalue weighted by Crippen LogP contribution is 2.47.